The minimum Gasteiger partial charge on any atom is -0.355 e. The number of benzene rings is 4. The van der Waals surface area contributed by atoms with Crippen molar-refractivity contribution >= 4 is 68.1 Å². The first kappa shape index (κ1) is 49.7. The van der Waals surface area contributed by atoms with Crippen molar-refractivity contribution in [3.8, 4) is 0 Å². The second kappa shape index (κ2) is 23.7. The largest absolute Gasteiger partial charge is 0.355 e. The molecule has 4 aromatic carbocycles. The first-order valence-electron chi connectivity index (χ1n) is 23.3. The van der Waals surface area contributed by atoms with Crippen molar-refractivity contribution in [3.63, 3.8) is 0 Å². The van der Waals surface area contributed by atoms with Gasteiger partial charge in [-0.15, -0.1) is 0 Å². The molecule has 2 amide bonds. The van der Waals surface area contributed by atoms with E-state index in [1.807, 2.05) is 36.0 Å². The number of fused-ring (bicyclic) bond motifs is 4. The smallest absolute Gasteiger partial charge is 0.242 e. The molecule has 4 aromatic rings. The topological polar surface area (TPSA) is 141 Å². The molecule has 4 N–H and O–H groups in total. The van der Waals surface area contributed by atoms with E-state index in [9.17, 15) is 18.0 Å². The maximum Gasteiger partial charge on any atom is 0.242 e. The third-order valence-electron chi connectivity index (χ3n) is 12.5. The van der Waals surface area contributed by atoms with Gasteiger partial charge < -0.3 is 36.0 Å². The summed E-state index contributed by atoms with van der Waals surface area (Å²) in [5.74, 6) is -0.0533. The molecule has 0 radical (unpaired) electrons. The van der Waals surface area contributed by atoms with Crippen LogP contribution < -0.4 is 26.2 Å². The highest BCUT2D eigenvalue weighted by Gasteiger charge is 2.28. The van der Waals surface area contributed by atoms with Gasteiger partial charge in [0, 0.05) is 132 Å². The van der Waals surface area contributed by atoms with Crippen LogP contribution >= 0.6 is 23.5 Å². The fraction of sp³-hybridized carbons (Fsp3) is 0.469. The molecule has 4 aliphatic rings. The number of anilines is 4. The van der Waals surface area contributed by atoms with Crippen LogP contribution in [0, 0.1) is 6.92 Å². The van der Waals surface area contributed by atoms with Crippen LogP contribution in [0.25, 0.3) is 0 Å². The van der Waals surface area contributed by atoms with Gasteiger partial charge >= 0.3 is 0 Å². The average Bonchev–Trinajstić information content (AvgIpc) is 3.32. The Bertz CT molecular complexity index is 2370. The second-order valence-electron chi connectivity index (χ2n) is 17.4. The minimum atomic E-state index is -3.50. The number of nitrogens with zero attached hydrogens (tertiary/aromatic N) is 7. The zero-order chi connectivity index (χ0) is 46.6. The number of hydrogen-bond acceptors (Lipinski definition) is 13. The van der Waals surface area contributed by atoms with Crippen molar-refractivity contribution in [3.05, 3.63) is 90.5 Å². The summed E-state index contributed by atoms with van der Waals surface area (Å²) in [6.07, 6.45) is 2.12. The summed E-state index contributed by atoms with van der Waals surface area (Å²) in [6, 6.07) is 29.3. The van der Waals surface area contributed by atoms with Gasteiger partial charge in [-0.25, -0.2) is 12.7 Å². The lowest BCUT2D eigenvalue weighted by Gasteiger charge is -2.36. The third-order valence-corrected chi connectivity index (χ3v) is 16.6. The Labute approximate surface area is 401 Å². The number of aryl methyl sites for hydroxylation is 1. The van der Waals surface area contributed by atoms with E-state index in [1.54, 1.807) is 38.8 Å². The number of sulfonamides is 1. The molecular weight excluding hydrogens is 889 g/mol. The Hall–Kier alpha value is -4.17. The average molecular weight is 957 g/mol. The minimum absolute atomic E-state index is 0.0225. The van der Waals surface area contributed by atoms with E-state index in [4.69, 9.17) is 5.73 Å². The molecule has 0 atom stereocenters. The van der Waals surface area contributed by atoms with Crippen molar-refractivity contribution in [1.29, 1.82) is 0 Å². The lowest BCUT2D eigenvalue weighted by Crippen LogP contribution is -2.49. The Morgan fingerprint density at radius 3 is 1.52 bits per heavy atom. The van der Waals surface area contributed by atoms with Crippen molar-refractivity contribution in [2.45, 2.75) is 51.2 Å². The van der Waals surface area contributed by atoms with E-state index in [0.29, 0.717) is 18.0 Å². The van der Waals surface area contributed by atoms with E-state index in [2.05, 4.69) is 102 Å². The van der Waals surface area contributed by atoms with Crippen molar-refractivity contribution in [1.82, 2.24) is 34.5 Å². The first-order chi connectivity index (χ1) is 31.9. The molecule has 0 bridgehead atoms. The number of hydrogen-bond donors (Lipinski definition) is 3. The molecule has 14 nitrogen and oxygen atoms in total. The number of para-hydroxylation sites is 2. The zero-order valence-corrected chi connectivity index (χ0v) is 41.5. The summed E-state index contributed by atoms with van der Waals surface area (Å²) < 4.78 is 26.8. The van der Waals surface area contributed by atoms with Crippen molar-refractivity contribution in [2.75, 3.05) is 135 Å². The highest BCUT2D eigenvalue weighted by molar-refractivity contribution is 8.00. The molecule has 0 saturated carbocycles. The number of carbonyl (C=O) groups is 2. The standard InChI is InChI=1S/C25H35N5O3S2.C24H33N5OS/c1-20(31)26-11-14-29-17-15-28(16-18-29)12-6-13-30-22-7-4-5-8-24(22)34-25-10-9-21(19-23(25)30)35(32,33)27(2)3;1-19-7-8-23-21(17-19)29(20-5-2-3-6-22(20)31-23)11-4-10-27-13-15-28(16-14-27)12-9-26-24(30)18-25/h4-5,7-10,19H,6,11-18H2,1-3H3,(H,26,31);2-3,5-8,17H,4,9-16,18,25H2,1H3,(H,26,30). The summed E-state index contributed by atoms with van der Waals surface area (Å²) in [7, 11) is -0.373. The van der Waals surface area contributed by atoms with Gasteiger partial charge in [-0.1, -0.05) is 53.9 Å². The summed E-state index contributed by atoms with van der Waals surface area (Å²) in [5.41, 5.74) is 11.4. The van der Waals surface area contributed by atoms with Crippen LogP contribution in [0.3, 0.4) is 0 Å². The second-order valence-corrected chi connectivity index (χ2v) is 21.8. The Morgan fingerprint density at radius 1 is 0.591 bits per heavy atom. The fourth-order valence-corrected chi connectivity index (χ4v) is 11.9. The molecule has 8 rings (SSSR count). The SMILES string of the molecule is CC(=O)NCCN1CCN(CCCN2c3ccccc3Sc3ccc(S(=O)(=O)N(C)C)cc32)CC1.Cc1ccc2c(c1)N(CCCN1CCN(CCNC(=O)CN)CC1)c1ccccc1S2. The van der Waals surface area contributed by atoms with E-state index >= 15 is 0 Å². The maximum absolute atomic E-state index is 12.8. The van der Waals surface area contributed by atoms with Gasteiger partial charge in [0.1, 0.15) is 0 Å². The highest BCUT2D eigenvalue weighted by Crippen LogP contribution is 2.50. The molecule has 356 valence electrons. The van der Waals surface area contributed by atoms with Gasteiger partial charge in [0.05, 0.1) is 34.2 Å². The number of rotatable bonds is 17. The van der Waals surface area contributed by atoms with E-state index in [1.165, 1.54) is 35.9 Å². The summed E-state index contributed by atoms with van der Waals surface area (Å²) in [6.45, 7) is 19.3. The lowest BCUT2D eigenvalue weighted by atomic mass is 10.1. The molecule has 4 aliphatic heterocycles. The summed E-state index contributed by atoms with van der Waals surface area (Å²) in [5, 5.41) is 5.72. The number of nitrogens with one attached hydrogen (secondary N) is 2. The van der Waals surface area contributed by atoms with Crippen molar-refractivity contribution < 1.29 is 18.0 Å². The molecule has 0 aromatic heterocycles. The molecule has 66 heavy (non-hydrogen) atoms. The Balaban J connectivity index is 0.000000198. The summed E-state index contributed by atoms with van der Waals surface area (Å²) >= 11 is 3.57. The molecule has 0 aliphatic carbocycles. The number of carbonyl (C=O) groups excluding carboxylic acids is 2. The third kappa shape index (κ3) is 13.1. The van der Waals surface area contributed by atoms with Crippen LogP contribution in [0.5, 0.6) is 0 Å². The quantitative estimate of drug-likeness (QED) is 0.125. The normalized spacial score (nSPS) is 16.7. The molecule has 4 heterocycles. The summed E-state index contributed by atoms with van der Waals surface area (Å²) in [4.78, 5) is 42.3. The van der Waals surface area contributed by atoms with E-state index in [-0.39, 0.29) is 18.4 Å². The molecule has 2 saturated heterocycles. The molecule has 0 unspecified atom stereocenters. The number of amides is 2. The predicted molar refractivity (Wildman–Crippen MR) is 269 cm³/mol. The van der Waals surface area contributed by atoms with E-state index < -0.39 is 10.0 Å². The predicted octanol–water partition coefficient (Wildman–Crippen LogP) is 5.36. The van der Waals surface area contributed by atoms with Gasteiger partial charge in [0.2, 0.25) is 21.8 Å². The lowest BCUT2D eigenvalue weighted by molar-refractivity contribution is -0.120. The van der Waals surface area contributed by atoms with Gasteiger partial charge in [-0.3, -0.25) is 19.4 Å². The monoisotopic (exact) mass is 956 g/mol. The fourth-order valence-electron chi connectivity index (χ4n) is 8.80. The van der Waals surface area contributed by atoms with Gasteiger partial charge in [0.15, 0.2) is 0 Å². The molecular formula is C49H68N10O4S3. The Kier molecular flexibility index (Phi) is 17.9. The highest BCUT2D eigenvalue weighted by atomic mass is 32.2. The number of nitrogens with two attached hydrogens (primary N) is 1. The van der Waals surface area contributed by atoms with Crippen LogP contribution in [-0.2, 0) is 19.6 Å². The molecule has 0 spiro atoms. The van der Waals surface area contributed by atoms with Crippen LogP contribution in [0.15, 0.2) is 109 Å². The first-order valence-corrected chi connectivity index (χ1v) is 26.3. The van der Waals surface area contributed by atoms with Crippen LogP contribution in [-0.4, -0.2) is 169 Å². The van der Waals surface area contributed by atoms with Crippen LogP contribution in [0.2, 0.25) is 0 Å². The molecule has 2 fully saturated rings. The van der Waals surface area contributed by atoms with Gasteiger partial charge in [-0.05, 0) is 93.0 Å². The Morgan fingerprint density at radius 2 is 1.03 bits per heavy atom. The van der Waals surface area contributed by atoms with Gasteiger partial charge in [0.25, 0.3) is 0 Å². The zero-order valence-electron chi connectivity index (χ0n) is 39.1. The van der Waals surface area contributed by atoms with Crippen LogP contribution in [0.4, 0.5) is 22.7 Å². The van der Waals surface area contributed by atoms with Crippen molar-refractivity contribution in [2.24, 2.45) is 5.73 Å². The maximum atomic E-state index is 12.8. The number of piperazine rings is 2. The van der Waals surface area contributed by atoms with Crippen LogP contribution in [0.1, 0.15) is 25.3 Å². The molecule has 17 heteroatoms. The van der Waals surface area contributed by atoms with Gasteiger partial charge in [-0.2, -0.15) is 0 Å². The van der Waals surface area contributed by atoms with E-state index in [0.717, 1.165) is 121 Å².